The first-order valence-corrected chi connectivity index (χ1v) is 14.2. The molecule has 232 valence electrons. The number of hydrogen-bond acceptors (Lipinski definition) is 9. The fourth-order valence-corrected chi connectivity index (χ4v) is 5.44. The highest BCUT2D eigenvalue weighted by Gasteiger charge is 2.48. The second-order valence-electron chi connectivity index (χ2n) is 10.2. The number of rotatable bonds is 13. The van der Waals surface area contributed by atoms with Crippen LogP contribution in [0, 0.1) is 0 Å². The summed E-state index contributed by atoms with van der Waals surface area (Å²) < 4.78 is 36.2. The molecule has 1 aliphatic rings. The number of ether oxygens (including phenoxy) is 6. The molecule has 0 bridgehead atoms. The minimum atomic E-state index is -1.18. The van der Waals surface area contributed by atoms with E-state index in [4.69, 9.17) is 28.4 Å². The molecule has 4 unspecified atom stereocenters. The Kier molecular flexibility index (Phi) is 9.93. The van der Waals surface area contributed by atoms with Crippen molar-refractivity contribution in [2.24, 2.45) is 0 Å². The van der Waals surface area contributed by atoms with Crippen LogP contribution in [0.5, 0.6) is 11.5 Å². The van der Waals surface area contributed by atoms with Crippen LogP contribution < -0.4 is 20.7 Å². The highest BCUT2D eigenvalue weighted by atomic mass is 16.6. The zero-order chi connectivity index (χ0) is 31.1. The second-order valence-corrected chi connectivity index (χ2v) is 10.2. The third-order valence-corrected chi connectivity index (χ3v) is 7.67. The molecule has 5 rings (SSSR count). The fourth-order valence-electron chi connectivity index (χ4n) is 5.44. The third kappa shape index (κ3) is 6.33. The van der Waals surface area contributed by atoms with Gasteiger partial charge in [-0.3, -0.25) is 14.3 Å². The van der Waals surface area contributed by atoms with E-state index in [-0.39, 0.29) is 19.8 Å². The molecule has 11 nitrogen and oxygen atoms in total. The van der Waals surface area contributed by atoms with Crippen molar-refractivity contribution >= 4 is 0 Å². The van der Waals surface area contributed by atoms with Gasteiger partial charge in [-0.15, -0.1) is 0 Å². The molecule has 0 saturated carbocycles. The van der Waals surface area contributed by atoms with Gasteiger partial charge in [0.1, 0.15) is 35.4 Å². The van der Waals surface area contributed by atoms with Crippen molar-refractivity contribution in [3.63, 3.8) is 0 Å². The Labute approximate surface area is 254 Å². The van der Waals surface area contributed by atoms with Gasteiger partial charge < -0.3 is 33.5 Å². The van der Waals surface area contributed by atoms with E-state index in [2.05, 4.69) is 4.98 Å². The van der Waals surface area contributed by atoms with Gasteiger partial charge in [0, 0.05) is 19.4 Å². The van der Waals surface area contributed by atoms with Crippen LogP contribution in [0.4, 0.5) is 0 Å². The van der Waals surface area contributed by atoms with Crippen molar-refractivity contribution in [1.29, 1.82) is 0 Å². The quantitative estimate of drug-likeness (QED) is 0.175. The molecule has 44 heavy (non-hydrogen) atoms. The van der Waals surface area contributed by atoms with Gasteiger partial charge in [-0.05, 0) is 41.0 Å². The molecule has 1 aliphatic heterocycles. The smallest absolute Gasteiger partial charge is 0.330 e. The zero-order valence-corrected chi connectivity index (χ0v) is 24.8. The molecular formula is C33H36N2O9. The van der Waals surface area contributed by atoms with Crippen molar-refractivity contribution < 1.29 is 33.5 Å². The highest BCUT2D eigenvalue weighted by Crippen LogP contribution is 2.43. The van der Waals surface area contributed by atoms with E-state index in [1.165, 1.54) is 23.9 Å². The van der Waals surface area contributed by atoms with E-state index >= 15 is 0 Å². The van der Waals surface area contributed by atoms with Crippen molar-refractivity contribution in [3.05, 3.63) is 129 Å². The maximum atomic E-state index is 12.7. The first kappa shape index (κ1) is 31.2. The van der Waals surface area contributed by atoms with Gasteiger partial charge in [0.05, 0.1) is 34.0 Å². The molecule has 11 heteroatoms. The molecule has 0 spiro atoms. The molecule has 4 atom stereocenters. The number of aromatic nitrogens is 2. The van der Waals surface area contributed by atoms with E-state index in [1.54, 1.807) is 14.2 Å². The number of methoxy groups -OCH3 is 3. The third-order valence-electron chi connectivity index (χ3n) is 7.67. The SMILES string of the molecule is COCCOC1C(O)C(COC(c2ccccc2)(c2ccc(OC)cc2)c2ccc(OC)cc2)OC1n1ccc(=O)[nH]c1=O. The first-order chi connectivity index (χ1) is 21.4. The van der Waals surface area contributed by atoms with Gasteiger partial charge in [0.2, 0.25) is 0 Å². The van der Waals surface area contributed by atoms with E-state index in [9.17, 15) is 14.7 Å². The predicted molar refractivity (Wildman–Crippen MR) is 161 cm³/mol. The number of aliphatic hydroxyl groups is 1. The second kappa shape index (κ2) is 14.0. The maximum Gasteiger partial charge on any atom is 0.330 e. The highest BCUT2D eigenvalue weighted by molar-refractivity contribution is 5.49. The van der Waals surface area contributed by atoms with Crippen LogP contribution in [0.25, 0.3) is 0 Å². The lowest BCUT2D eigenvalue weighted by Crippen LogP contribution is -2.41. The largest absolute Gasteiger partial charge is 0.497 e. The molecule has 0 amide bonds. The average molecular weight is 605 g/mol. The van der Waals surface area contributed by atoms with E-state index in [0.29, 0.717) is 11.5 Å². The summed E-state index contributed by atoms with van der Waals surface area (Å²) in [6.45, 7) is 0.325. The van der Waals surface area contributed by atoms with Crippen LogP contribution in [-0.2, 0) is 24.5 Å². The lowest BCUT2D eigenvalue weighted by Gasteiger charge is -2.37. The van der Waals surface area contributed by atoms with E-state index in [1.807, 2.05) is 78.9 Å². The topological polar surface area (TPSA) is 130 Å². The van der Waals surface area contributed by atoms with Gasteiger partial charge in [-0.1, -0.05) is 54.6 Å². The van der Waals surface area contributed by atoms with Crippen LogP contribution >= 0.6 is 0 Å². The number of hydrogen-bond donors (Lipinski definition) is 2. The molecule has 1 saturated heterocycles. The zero-order valence-electron chi connectivity index (χ0n) is 24.8. The van der Waals surface area contributed by atoms with Crippen molar-refractivity contribution in [2.45, 2.75) is 30.1 Å². The molecule has 1 fully saturated rings. The van der Waals surface area contributed by atoms with Gasteiger partial charge >= 0.3 is 5.69 Å². The summed E-state index contributed by atoms with van der Waals surface area (Å²) in [6, 6.07) is 26.1. The maximum absolute atomic E-state index is 12.7. The van der Waals surface area contributed by atoms with Crippen molar-refractivity contribution in [2.75, 3.05) is 41.2 Å². The Balaban J connectivity index is 1.55. The molecular weight excluding hydrogens is 568 g/mol. The number of nitrogens with one attached hydrogen (secondary N) is 1. The number of benzene rings is 3. The molecule has 1 aromatic heterocycles. The summed E-state index contributed by atoms with van der Waals surface area (Å²) in [7, 11) is 4.74. The molecule has 0 aliphatic carbocycles. The summed E-state index contributed by atoms with van der Waals surface area (Å²) in [4.78, 5) is 26.7. The standard InChI is InChI=1S/C33H36N2O9/c1-39-19-20-42-30-29(37)27(44-31(30)35-18-17-28(36)34-32(35)38)21-43-33(22-7-5-4-6-8-22,23-9-13-25(40-2)14-10-23)24-11-15-26(41-3)16-12-24/h4-18,27,29-31,37H,19-21H2,1-3H3,(H,34,36,38). The van der Waals surface area contributed by atoms with Crippen molar-refractivity contribution in [1.82, 2.24) is 9.55 Å². The molecule has 2 N–H and O–H groups in total. The lowest BCUT2D eigenvalue weighted by atomic mass is 9.80. The number of H-pyrrole nitrogens is 1. The molecule has 0 radical (unpaired) electrons. The Hall–Kier alpha value is -4.26. The Morgan fingerprint density at radius 3 is 1.95 bits per heavy atom. The lowest BCUT2D eigenvalue weighted by molar-refractivity contribution is -0.0994. The predicted octanol–water partition coefficient (Wildman–Crippen LogP) is 2.85. The van der Waals surface area contributed by atoms with Gasteiger partial charge in [-0.25, -0.2) is 4.79 Å². The summed E-state index contributed by atoms with van der Waals surface area (Å²) in [5.74, 6) is 1.37. The number of aromatic amines is 1. The number of aliphatic hydroxyl groups excluding tert-OH is 1. The fraction of sp³-hybridized carbons (Fsp3) is 0.333. The van der Waals surface area contributed by atoms with Gasteiger partial charge in [0.25, 0.3) is 5.56 Å². The summed E-state index contributed by atoms with van der Waals surface area (Å²) in [5, 5.41) is 11.5. The number of nitrogens with zero attached hydrogens (tertiary/aromatic N) is 1. The van der Waals surface area contributed by atoms with Gasteiger partial charge in [0.15, 0.2) is 6.23 Å². The van der Waals surface area contributed by atoms with Crippen LogP contribution in [-0.4, -0.2) is 74.1 Å². The van der Waals surface area contributed by atoms with Crippen molar-refractivity contribution in [3.8, 4) is 11.5 Å². The van der Waals surface area contributed by atoms with Gasteiger partial charge in [-0.2, -0.15) is 0 Å². The summed E-state index contributed by atoms with van der Waals surface area (Å²) >= 11 is 0. The summed E-state index contributed by atoms with van der Waals surface area (Å²) in [6.07, 6.45) is -2.76. The normalized spacial score (nSPS) is 20.0. The van der Waals surface area contributed by atoms with Crippen LogP contribution in [0.3, 0.4) is 0 Å². The van der Waals surface area contributed by atoms with Crippen LogP contribution in [0.15, 0.2) is 101 Å². The molecule has 3 aromatic carbocycles. The minimum Gasteiger partial charge on any atom is -0.497 e. The van der Waals surface area contributed by atoms with E-state index in [0.717, 1.165) is 16.7 Å². The van der Waals surface area contributed by atoms with E-state index < -0.39 is 41.4 Å². The monoisotopic (exact) mass is 604 g/mol. The Morgan fingerprint density at radius 2 is 1.41 bits per heavy atom. The first-order valence-electron chi connectivity index (χ1n) is 14.2. The van der Waals surface area contributed by atoms with Crippen LogP contribution in [0.2, 0.25) is 0 Å². The molecule has 4 aromatic rings. The Morgan fingerprint density at radius 1 is 0.818 bits per heavy atom. The Bertz CT molecular complexity index is 1560. The average Bonchev–Trinajstić information content (AvgIpc) is 3.36. The van der Waals surface area contributed by atoms with Crippen LogP contribution in [0.1, 0.15) is 22.9 Å². The summed E-state index contributed by atoms with van der Waals surface area (Å²) in [5.41, 5.74) is 0.0678. The minimum absolute atomic E-state index is 0.0904. The molecule has 2 heterocycles.